The van der Waals surface area contributed by atoms with Gasteiger partial charge in [0.25, 0.3) is 0 Å². The maximum absolute atomic E-state index is 11.5. The average Bonchev–Trinajstić information content (AvgIpc) is 2.39. The van der Waals surface area contributed by atoms with E-state index in [0.29, 0.717) is 6.42 Å². The molecule has 1 heterocycles. The van der Waals surface area contributed by atoms with Crippen molar-refractivity contribution in [3.8, 4) is 0 Å². The van der Waals surface area contributed by atoms with E-state index in [1.54, 1.807) is 0 Å². The fraction of sp³-hybridized carbons (Fsp3) is 0.500. The first-order valence-electron chi connectivity index (χ1n) is 6.46. The van der Waals surface area contributed by atoms with E-state index in [1.165, 1.54) is 3.57 Å². The van der Waals surface area contributed by atoms with Crippen LogP contribution in [0.4, 0.5) is 0 Å². The molecule has 1 atom stereocenters. The minimum Gasteiger partial charge on any atom is -0.480 e. The zero-order valence-corrected chi connectivity index (χ0v) is 13.2. The van der Waals surface area contributed by atoms with Crippen LogP contribution in [-0.2, 0) is 11.2 Å². The van der Waals surface area contributed by atoms with Gasteiger partial charge in [-0.05, 0) is 53.8 Å². The van der Waals surface area contributed by atoms with Crippen LogP contribution in [-0.4, -0.2) is 60.1 Å². The number of carbonyl (C=O) groups is 1. The number of nitrogens with zero attached hydrogens (tertiary/aromatic N) is 2. The maximum Gasteiger partial charge on any atom is 0.321 e. The largest absolute Gasteiger partial charge is 0.480 e. The Morgan fingerprint density at radius 1 is 1.26 bits per heavy atom. The van der Waals surface area contributed by atoms with Gasteiger partial charge < -0.3 is 10.0 Å². The molecule has 5 heteroatoms. The molecular formula is C14H19IN2O2. The summed E-state index contributed by atoms with van der Waals surface area (Å²) < 4.78 is 1.17. The molecule has 1 saturated heterocycles. The van der Waals surface area contributed by atoms with Gasteiger partial charge in [0.2, 0.25) is 0 Å². The number of benzene rings is 1. The summed E-state index contributed by atoms with van der Waals surface area (Å²) in [6.07, 6.45) is 0.579. The molecule has 0 bridgehead atoms. The first-order chi connectivity index (χ1) is 9.06. The van der Waals surface area contributed by atoms with Crippen LogP contribution < -0.4 is 0 Å². The van der Waals surface area contributed by atoms with Gasteiger partial charge >= 0.3 is 5.97 Å². The third-order valence-corrected chi connectivity index (χ3v) is 4.33. The number of carboxylic acids is 1. The highest BCUT2D eigenvalue weighted by atomic mass is 127. The fourth-order valence-electron chi connectivity index (χ4n) is 2.35. The number of carboxylic acid groups (broad SMARTS) is 1. The third-order valence-electron chi connectivity index (χ3n) is 3.61. The van der Waals surface area contributed by atoms with Crippen molar-refractivity contribution in [2.45, 2.75) is 12.5 Å². The molecule has 104 valence electrons. The maximum atomic E-state index is 11.5. The smallest absolute Gasteiger partial charge is 0.321 e. The Labute approximate surface area is 127 Å². The Bertz CT molecular complexity index is 428. The Morgan fingerprint density at radius 3 is 2.37 bits per heavy atom. The molecule has 4 nitrogen and oxygen atoms in total. The Balaban J connectivity index is 2.04. The van der Waals surface area contributed by atoms with Crippen molar-refractivity contribution in [3.63, 3.8) is 0 Å². The molecule has 1 aliphatic rings. The number of aliphatic carboxylic acids is 1. The molecule has 1 aromatic rings. The van der Waals surface area contributed by atoms with Crippen LogP contribution >= 0.6 is 22.6 Å². The normalized spacial score (nSPS) is 19.3. The minimum absolute atomic E-state index is 0.409. The third kappa shape index (κ3) is 4.15. The first-order valence-corrected chi connectivity index (χ1v) is 7.54. The first kappa shape index (κ1) is 14.7. The molecule has 2 rings (SSSR count). The second kappa shape index (κ2) is 6.67. The van der Waals surface area contributed by atoms with Crippen LogP contribution in [0.15, 0.2) is 24.3 Å². The van der Waals surface area contributed by atoms with Gasteiger partial charge in [-0.25, -0.2) is 0 Å². The van der Waals surface area contributed by atoms with E-state index in [-0.39, 0.29) is 0 Å². The van der Waals surface area contributed by atoms with Crippen LogP contribution in [0.5, 0.6) is 0 Å². The zero-order valence-electron chi connectivity index (χ0n) is 11.1. The lowest BCUT2D eigenvalue weighted by molar-refractivity contribution is -0.144. The molecule has 0 saturated carbocycles. The molecule has 1 unspecified atom stereocenters. The second-order valence-electron chi connectivity index (χ2n) is 5.02. The standard InChI is InChI=1S/C14H19IN2O2/c1-16-6-8-17(9-7-16)13(14(18)19)10-11-2-4-12(15)5-3-11/h2-5,13H,6-10H2,1H3,(H,18,19). The summed E-state index contributed by atoms with van der Waals surface area (Å²) >= 11 is 2.26. The lowest BCUT2D eigenvalue weighted by Gasteiger charge is -2.36. The van der Waals surface area contributed by atoms with Crippen molar-refractivity contribution in [1.82, 2.24) is 9.80 Å². The summed E-state index contributed by atoms with van der Waals surface area (Å²) in [6.45, 7) is 3.54. The van der Waals surface area contributed by atoms with E-state index in [2.05, 4.69) is 39.4 Å². The van der Waals surface area contributed by atoms with Crippen LogP contribution in [0.1, 0.15) is 5.56 Å². The van der Waals surface area contributed by atoms with E-state index in [9.17, 15) is 9.90 Å². The summed E-state index contributed by atoms with van der Waals surface area (Å²) in [5, 5.41) is 9.45. The van der Waals surface area contributed by atoms with Gasteiger partial charge in [0, 0.05) is 29.7 Å². The lowest BCUT2D eigenvalue weighted by Crippen LogP contribution is -2.52. The van der Waals surface area contributed by atoms with Gasteiger partial charge in [0.15, 0.2) is 0 Å². The minimum atomic E-state index is -0.719. The van der Waals surface area contributed by atoms with E-state index in [0.717, 1.165) is 31.7 Å². The number of piperazine rings is 1. The van der Waals surface area contributed by atoms with Crippen molar-refractivity contribution < 1.29 is 9.90 Å². The fourth-order valence-corrected chi connectivity index (χ4v) is 2.71. The molecule has 0 spiro atoms. The Hall–Kier alpha value is -0.660. The highest BCUT2D eigenvalue weighted by molar-refractivity contribution is 14.1. The molecule has 19 heavy (non-hydrogen) atoms. The molecule has 1 aliphatic heterocycles. The summed E-state index contributed by atoms with van der Waals surface area (Å²) in [5.74, 6) is -0.719. The summed E-state index contributed by atoms with van der Waals surface area (Å²) in [7, 11) is 2.08. The van der Waals surface area contributed by atoms with Crippen molar-refractivity contribution in [1.29, 1.82) is 0 Å². The van der Waals surface area contributed by atoms with Crippen LogP contribution in [0.3, 0.4) is 0 Å². The van der Waals surface area contributed by atoms with Gasteiger partial charge in [-0.15, -0.1) is 0 Å². The zero-order chi connectivity index (χ0) is 13.8. The monoisotopic (exact) mass is 374 g/mol. The molecule has 1 aromatic carbocycles. The predicted octanol–water partition coefficient (Wildman–Crippen LogP) is 1.53. The molecule has 1 fully saturated rings. The van der Waals surface area contributed by atoms with Gasteiger partial charge in [0.1, 0.15) is 6.04 Å². The molecule has 0 radical (unpaired) electrons. The van der Waals surface area contributed by atoms with Crippen molar-refractivity contribution >= 4 is 28.6 Å². The molecule has 0 aromatic heterocycles. The van der Waals surface area contributed by atoms with E-state index < -0.39 is 12.0 Å². The summed E-state index contributed by atoms with van der Waals surface area (Å²) in [5.41, 5.74) is 1.09. The van der Waals surface area contributed by atoms with Gasteiger partial charge in [-0.1, -0.05) is 12.1 Å². The average molecular weight is 374 g/mol. The Morgan fingerprint density at radius 2 is 1.84 bits per heavy atom. The highest BCUT2D eigenvalue weighted by Gasteiger charge is 2.28. The van der Waals surface area contributed by atoms with Crippen LogP contribution in [0, 0.1) is 3.57 Å². The van der Waals surface area contributed by atoms with Gasteiger partial charge in [-0.3, -0.25) is 9.69 Å². The predicted molar refractivity (Wildman–Crippen MR) is 83.4 cm³/mol. The molecule has 0 amide bonds. The number of hydrogen-bond donors (Lipinski definition) is 1. The highest BCUT2D eigenvalue weighted by Crippen LogP contribution is 2.14. The topological polar surface area (TPSA) is 43.8 Å². The quantitative estimate of drug-likeness (QED) is 0.813. The van der Waals surface area contributed by atoms with Crippen molar-refractivity contribution in [2.24, 2.45) is 0 Å². The number of rotatable bonds is 4. The van der Waals surface area contributed by atoms with E-state index in [1.807, 2.05) is 24.3 Å². The number of hydrogen-bond acceptors (Lipinski definition) is 3. The second-order valence-corrected chi connectivity index (χ2v) is 6.27. The molecule has 1 N–H and O–H groups in total. The number of likely N-dealkylation sites (N-methyl/N-ethyl adjacent to an activating group) is 1. The summed E-state index contributed by atoms with van der Waals surface area (Å²) in [6, 6.07) is 7.69. The number of halogens is 1. The SMILES string of the molecule is CN1CCN(C(Cc2ccc(I)cc2)C(=O)O)CC1. The molecule has 0 aliphatic carbocycles. The van der Waals surface area contributed by atoms with Gasteiger partial charge in [-0.2, -0.15) is 0 Å². The van der Waals surface area contributed by atoms with E-state index in [4.69, 9.17) is 0 Å². The van der Waals surface area contributed by atoms with Gasteiger partial charge in [0.05, 0.1) is 0 Å². The summed E-state index contributed by atoms with van der Waals surface area (Å²) in [4.78, 5) is 15.8. The van der Waals surface area contributed by atoms with Crippen molar-refractivity contribution in [2.75, 3.05) is 33.2 Å². The van der Waals surface area contributed by atoms with E-state index >= 15 is 0 Å². The van der Waals surface area contributed by atoms with Crippen LogP contribution in [0.25, 0.3) is 0 Å². The van der Waals surface area contributed by atoms with Crippen LogP contribution in [0.2, 0.25) is 0 Å². The lowest BCUT2D eigenvalue weighted by atomic mass is 10.0. The Kier molecular flexibility index (Phi) is 5.18. The van der Waals surface area contributed by atoms with Crippen molar-refractivity contribution in [3.05, 3.63) is 33.4 Å². The molecular weight excluding hydrogens is 355 g/mol.